The average Bonchev–Trinajstić information content (AvgIpc) is 3.31. The Bertz CT molecular complexity index is 1950. The molecule has 0 radical (unpaired) electrons. The minimum absolute atomic E-state index is 0.262. The van der Waals surface area contributed by atoms with Crippen LogP contribution in [0.25, 0.3) is 6.08 Å². The second-order valence-corrected chi connectivity index (χ2v) is 12.3. The first kappa shape index (κ1) is 32.3. The van der Waals surface area contributed by atoms with Crippen LogP contribution in [0.3, 0.4) is 0 Å². The first-order chi connectivity index (χ1) is 21.6. The standard InChI is InChI=1S/C34H32Cl2N2O6S/c1-6-42-24-11-9-23(10-12-24)31-30(33(40)44-19(2)3)20(4)37-34-38(31)32(39)29(45-34)17-21-8-14-27(28(16-21)41-5)43-18-22-7-13-25(35)26(36)15-22/h7-17,19,31H,6,18H2,1-5H3/b29-17+/t31-/m0/s1. The summed E-state index contributed by atoms with van der Waals surface area (Å²) in [6, 6.07) is 17.4. The number of thiazole rings is 1. The lowest BCUT2D eigenvalue weighted by Crippen LogP contribution is -2.40. The van der Waals surface area contributed by atoms with E-state index in [0.29, 0.717) is 54.5 Å². The third-order valence-corrected chi connectivity index (χ3v) is 8.68. The molecule has 1 aliphatic rings. The van der Waals surface area contributed by atoms with E-state index in [1.165, 1.54) is 11.3 Å². The molecule has 3 aromatic carbocycles. The van der Waals surface area contributed by atoms with Crippen LogP contribution in [0.1, 0.15) is 50.4 Å². The Hall–Kier alpha value is -4.05. The van der Waals surface area contributed by atoms with Crippen LogP contribution in [-0.4, -0.2) is 30.4 Å². The van der Waals surface area contributed by atoms with Gasteiger partial charge in [0.2, 0.25) is 0 Å². The number of fused-ring (bicyclic) bond motifs is 1. The number of hydrogen-bond donors (Lipinski definition) is 0. The van der Waals surface area contributed by atoms with Crippen molar-refractivity contribution in [2.45, 2.75) is 46.4 Å². The zero-order valence-corrected chi connectivity index (χ0v) is 27.8. The molecule has 0 saturated carbocycles. The first-order valence-corrected chi connectivity index (χ1v) is 15.9. The summed E-state index contributed by atoms with van der Waals surface area (Å²) in [5, 5.41) is 0.922. The number of benzene rings is 3. The molecule has 1 aromatic heterocycles. The van der Waals surface area contributed by atoms with Gasteiger partial charge in [0, 0.05) is 0 Å². The highest BCUT2D eigenvalue weighted by molar-refractivity contribution is 7.07. The van der Waals surface area contributed by atoms with Gasteiger partial charge in [-0.2, -0.15) is 0 Å². The number of carbonyl (C=O) groups excluding carboxylic acids is 1. The largest absolute Gasteiger partial charge is 0.494 e. The third-order valence-electron chi connectivity index (χ3n) is 6.95. The maximum absolute atomic E-state index is 14.0. The second-order valence-electron chi connectivity index (χ2n) is 10.5. The van der Waals surface area contributed by atoms with Crippen molar-refractivity contribution in [1.29, 1.82) is 0 Å². The highest BCUT2D eigenvalue weighted by Gasteiger charge is 2.33. The van der Waals surface area contributed by atoms with Crippen LogP contribution in [0.15, 0.2) is 81.7 Å². The van der Waals surface area contributed by atoms with E-state index in [-0.39, 0.29) is 18.3 Å². The van der Waals surface area contributed by atoms with Gasteiger partial charge in [-0.3, -0.25) is 9.36 Å². The lowest BCUT2D eigenvalue weighted by Gasteiger charge is -2.25. The predicted octanol–water partition coefficient (Wildman–Crippen LogP) is 6.48. The van der Waals surface area contributed by atoms with Crippen molar-refractivity contribution < 1.29 is 23.7 Å². The molecule has 0 unspecified atom stereocenters. The number of allylic oxidation sites excluding steroid dienone is 1. The molecular weight excluding hydrogens is 635 g/mol. The van der Waals surface area contributed by atoms with Gasteiger partial charge in [0.05, 0.1) is 51.7 Å². The number of rotatable bonds is 10. The van der Waals surface area contributed by atoms with Crippen LogP contribution in [0.5, 0.6) is 17.2 Å². The van der Waals surface area contributed by atoms with Gasteiger partial charge < -0.3 is 18.9 Å². The van der Waals surface area contributed by atoms with Crippen molar-refractivity contribution in [3.05, 3.63) is 118 Å². The Morgan fingerprint density at radius 2 is 1.78 bits per heavy atom. The third kappa shape index (κ3) is 7.11. The number of halogens is 2. The van der Waals surface area contributed by atoms with Crippen molar-refractivity contribution in [2.75, 3.05) is 13.7 Å². The molecule has 234 valence electrons. The molecule has 0 saturated heterocycles. The Morgan fingerprint density at radius 3 is 2.44 bits per heavy atom. The summed E-state index contributed by atoms with van der Waals surface area (Å²) in [6.07, 6.45) is 1.43. The van der Waals surface area contributed by atoms with Crippen LogP contribution in [0.4, 0.5) is 0 Å². The van der Waals surface area contributed by atoms with Crippen LogP contribution < -0.4 is 29.1 Å². The van der Waals surface area contributed by atoms with Gasteiger partial charge in [-0.1, -0.05) is 58.8 Å². The number of methoxy groups -OCH3 is 1. The van der Waals surface area contributed by atoms with E-state index in [2.05, 4.69) is 4.99 Å². The van der Waals surface area contributed by atoms with Crippen molar-refractivity contribution in [3.8, 4) is 17.2 Å². The van der Waals surface area contributed by atoms with E-state index < -0.39 is 12.0 Å². The maximum atomic E-state index is 14.0. The smallest absolute Gasteiger partial charge is 0.338 e. The quantitative estimate of drug-likeness (QED) is 0.180. The number of esters is 1. The summed E-state index contributed by atoms with van der Waals surface area (Å²) in [4.78, 5) is 32.5. The molecule has 1 aliphatic heterocycles. The summed E-state index contributed by atoms with van der Waals surface area (Å²) in [5.74, 6) is 1.21. The van der Waals surface area contributed by atoms with Crippen LogP contribution in [-0.2, 0) is 16.1 Å². The molecule has 0 N–H and O–H groups in total. The van der Waals surface area contributed by atoms with E-state index in [0.717, 1.165) is 16.7 Å². The zero-order chi connectivity index (χ0) is 32.2. The van der Waals surface area contributed by atoms with E-state index in [4.69, 9.17) is 42.1 Å². The van der Waals surface area contributed by atoms with E-state index in [9.17, 15) is 9.59 Å². The summed E-state index contributed by atoms with van der Waals surface area (Å²) < 4.78 is 24.8. The lowest BCUT2D eigenvalue weighted by molar-refractivity contribution is -0.143. The average molecular weight is 668 g/mol. The van der Waals surface area contributed by atoms with Crippen LogP contribution in [0.2, 0.25) is 10.0 Å². The number of ether oxygens (including phenoxy) is 4. The fourth-order valence-corrected chi connectivity index (χ4v) is 6.29. The molecule has 2 heterocycles. The molecule has 0 spiro atoms. The van der Waals surface area contributed by atoms with Gasteiger partial charge in [-0.15, -0.1) is 0 Å². The topological polar surface area (TPSA) is 88.4 Å². The van der Waals surface area contributed by atoms with Gasteiger partial charge in [0.1, 0.15) is 12.4 Å². The van der Waals surface area contributed by atoms with Crippen molar-refractivity contribution in [1.82, 2.24) is 4.57 Å². The molecule has 45 heavy (non-hydrogen) atoms. The Balaban J connectivity index is 1.53. The molecular formula is C34H32Cl2N2O6S. The molecule has 8 nitrogen and oxygen atoms in total. The van der Waals surface area contributed by atoms with Crippen molar-refractivity contribution in [2.24, 2.45) is 4.99 Å². The van der Waals surface area contributed by atoms with Crippen molar-refractivity contribution in [3.63, 3.8) is 0 Å². The van der Waals surface area contributed by atoms with Gasteiger partial charge >= 0.3 is 5.97 Å². The molecule has 0 aliphatic carbocycles. The molecule has 0 fully saturated rings. The van der Waals surface area contributed by atoms with E-state index in [1.807, 2.05) is 43.3 Å². The molecule has 0 amide bonds. The van der Waals surface area contributed by atoms with Gasteiger partial charge in [0.25, 0.3) is 5.56 Å². The number of aromatic nitrogens is 1. The maximum Gasteiger partial charge on any atom is 0.338 e. The van der Waals surface area contributed by atoms with Crippen LogP contribution >= 0.6 is 34.5 Å². The van der Waals surface area contributed by atoms with Crippen LogP contribution in [0, 0.1) is 0 Å². The molecule has 5 rings (SSSR count). The van der Waals surface area contributed by atoms with E-state index >= 15 is 0 Å². The molecule has 4 aromatic rings. The van der Waals surface area contributed by atoms with Gasteiger partial charge in [0.15, 0.2) is 16.3 Å². The Morgan fingerprint density at radius 1 is 1.02 bits per heavy atom. The fourth-order valence-electron chi connectivity index (χ4n) is 4.92. The number of nitrogens with zero attached hydrogens (tertiary/aromatic N) is 2. The number of hydrogen-bond acceptors (Lipinski definition) is 8. The molecule has 11 heteroatoms. The normalized spacial score (nSPS) is 14.7. The summed E-state index contributed by atoms with van der Waals surface area (Å²) in [6.45, 7) is 8.02. The predicted molar refractivity (Wildman–Crippen MR) is 176 cm³/mol. The molecule has 1 atom stereocenters. The second kappa shape index (κ2) is 13.9. The molecule has 0 bridgehead atoms. The van der Waals surface area contributed by atoms with Crippen molar-refractivity contribution >= 4 is 46.6 Å². The minimum atomic E-state index is -0.725. The highest BCUT2D eigenvalue weighted by atomic mass is 35.5. The summed E-state index contributed by atoms with van der Waals surface area (Å²) in [7, 11) is 1.55. The zero-order valence-electron chi connectivity index (χ0n) is 25.4. The summed E-state index contributed by atoms with van der Waals surface area (Å²) >= 11 is 13.4. The summed E-state index contributed by atoms with van der Waals surface area (Å²) in [5.41, 5.74) is 2.85. The minimum Gasteiger partial charge on any atom is -0.494 e. The van der Waals surface area contributed by atoms with E-state index in [1.54, 1.807) is 62.8 Å². The lowest BCUT2D eigenvalue weighted by atomic mass is 9.96. The SMILES string of the molecule is CCOc1ccc([C@H]2C(C(=O)OC(C)C)=C(C)N=c3s/c(=C/c4ccc(OCc5ccc(Cl)c(Cl)c5)c(OC)c4)c(=O)n32)cc1. The monoisotopic (exact) mass is 666 g/mol. The Labute approximate surface area is 274 Å². The van der Waals surface area contributed by atoms with Gasteiger partial charge in [-0.05, 0) is 86.9 Å². The number of carbonyl (C=O) groups is 1. The first-order valence-electron chi connectivity index (χ1n) is 14.3. The Kier molecular flexibility index (Phi) is 10.0. The highest BCUT2D eigenvalue weighted by Crippen LogP contribution is 2.33. The van der Waals surface area contributed by atoms with Gasteiger partial charge in [-0.25, -0.2) is 9.79 Å². The fraction of sp³-hybridized carbons (Fsp3) is 0.265.